The van der Waals surface area contributed by atoms with E-state index in [-0.39, 0.29) is 18.3 Å². The molecule has 0 aromatic heterocycles. The molecule has 1 aromatic carbocycles. The van der Waals surface area contributed by atoms with Crippen molar-refractivity contribution < 1.29 is 20.2 Å². The number of hydroxylamine groups is 1. The molecule has 0 heterocycles. The van der Waals surface area contributed by atoms with E-state index < -0.39 is 23.5 Å². The van der Waals surface area contributed by atoms with E-state index in [1.165, 1.54) is 0 Å². The number of nitrogens with one attached hydrogen (secondary N) is 1. The predicted octanol–water partition coefficient (Wildman–Crippen LogP) is 2.64. The summed E-state index contributed by atoms with van der Waals surface area (Å²) in [5.74, 6) is -1.25. The van der Waals surface area contributed by atoms with Crippen LogP contribution in [-0.2, 0) is 11.2 Å². The van der Waals surface area contributed by atoms with Crippen LogP contribution in [0.15, 0.2) is 30.3 Å². The summed E-state index contributed by atoms with van der Waals surface area (Å²) in [5.41, 5.74) is 1.68. The molecule has 2 fully saturated rings. The van der Waals surface area contributed by atoms with Gasteiger partial charge in [-0.3, -0.25) is 10.0 Å². The molecular formula is C21H30NO4. The highest BCUT2D eigenvalue weighted by molar-refractivity contribution is 5.79. The van der Waals surface area contributed by atoms with Gasteiger partial charge in [-0.1, -0.05) is 43.2 Å². The van der Waals surface area contributed by atoms with E-state index in [0.717, 1.165) is 44.1 Å². The Morgan fingerprint density at radius 1 is 1.15 bits per heavy atom. The minimum absolute atomic E-state index is 0.0682. The summed E-state index contributed by atoms with van der Waals surface area (Å²) in [6.07, 6.45) is 7.47. The maximum absolute atomic E-state index is 12.4. The lowest BCUT2D eigenvalue weighted by Gasteiger charge is -2.53. The smallest absolute Gasteiger partial charge is 0.249 e. The summed E-state index contributed by atoms with van der Waals surface area (Å²) in [4.78, 5) is 12.4. The van der Waals surface area contributed by atoms with Crippen LogP contribution in [0.5, 0.6) is 0 Å². The lowest BCUT2D eigenvalue weighted by molar-refractivity contribution is -0.180. The van der Waals surface area contributed by atoms with Crippen molar-refractivity contribution in [3.05, 3.63) is 42.3 Å². The summed E-state index contributed by atoms with van der Waals surface area (Å²) < 4.78 is 0. The molecule has 2 aliphatic carbocycles. The molecule has 0 aliphatic heterocycles. The molecule has 5 nitrogen and oxygen atoms in total. The Bertz CT molecular complexity index is 569. The third kappa shape index (κ3) is 3.95. The molecule has 2 aliphatic rings. The monoisotopic (exact) mass is 360 g/mol. The van der Waals surface area contributed by atoms with E-state index >= 15 is 0 Å². The van der Waals surface area contributed by atoms with Gasteiger partial charge in [-0.05, 0) is 62.3 Å². The van der Waals surface area contributed by atoms with Crippen molar-refractivity contribution in [2.45, 2.75) is 63.1 Å². The number of hydrogen-bond acceptors (Lipinski definition) is 4. The van der Waals surface area contributed by atoms with Gasteiger partial charge in [-0.15, -0.1) is 0 Å². The van der Waals surface area contributed by atoms with E-state index in [4.69, 9.17) is 0 Å². The van der Waals surface area contributed by atoms with Crippen LogP contribution in [0.1, 0.15) is 50.5 Å². The fourth-order valence-electron chi connectivity index (χ4n) is 5.14. The summed E-state index contributed by atoms with van der Waals surface area (Å²) in [6, 6.07) is 9.81. The van der Waals surface area contributed by atoms with Crippen molar-refractivity contribution in [2.75, 3.05) is 0 Å². The van der Waals surface area contributed by atoms with Crippen molar-refractivity contribution in [1.82, 2.24) is 5.48 Å². The molecule has 4 N–H and O–H groups in total. The lowest BCUT2D eigenvalue weighted by atomic mass is 9.56. The SMILES string of the molecule is O=C(NO)[C@@H](C[C@@H](O)[CH]Cc1ccccc1)C1(O)C2CCCC1CCC2. The first-order chi connectivity index (χ1) is 12.6. The van der Waals surface area contributed by atoms with E-state index in [9.17, 15) is 20.2 Å². The first-order valence-corrected chi connectivity index (χ1v) is 9.77. The summed E-state index contributed by atoms with van der Waals surface area (Å²) in [5, 5.41) is 31.3. The second kappa shape index (κ2) is 8.51. The Morgan fingerprint density at radius 2 is 1.73 bits per heavy atom. The Hall–Kier alpha value is -1.43. The maximum atomic E-state index is 12.4. The van der Waals surface area contributed by atoms with Crippen molar-refractivity contribution in [3.8, 4) is 0 Å². The van der Waals surface area contributed by atoms with Gasteiger partial charge in [0.05, 0.1) is 17.6 Å². The largest absolute Gasteiger partial charge is 0.393 e. The molecule has 0 saturated heterocycles. The van der Waals surface area contributed by atoms with Crippen LogP contribution in [0.4, 0.5) is 0 Å². The van der Waals surface area contributed by atoms with E-state index in [1.807, 2.05) is 30.3 Å². The quantitative estimate of drug-likeness (QED) is 0.444. The average Bonchev–Trinajstić information content (AvgIpc) is 2.64. The molecule has 1 aromatic rings. The van der Waals surface area contributed by atoms with Crippen molar-refractivity contribution in [3.63, 3.8) is 0 Å². The second-order valence-corrected chi connectivity index (χ2v) is 7.90. The van der Waals surface area contributed by atoms with E-state index in [1.54, 1.807) is 11.9 Å². The van der Waals surface area contributed by atoms with Gasteiger partial charge < -0.3 is 10.2 Å². The van der Waals surface area contributed by atoms with Gasteiger partial charge in [-0.25, -0.2) is 5.48 Å². The highest BCUT2D eigenvalue weighted by Gasteiger charge is 2.55. The molecular weight excluding hydrogens is 330 g/mol. The Kier molecular flexibility index (Phi) is 6.33. The maximum Gasteiger partial charge on any atom is 0.249 e. The highest BCUT2D eigenvalue weighted by atomic mass is 16.5. The molecule has 3 rings (SSSR count). The minimum Gasteiger partial charge on any atom is -0.393 e. The van der Waals surface area contributed by atoms with Gasteiger partial charge in [-0.2, -0.15) is 0 Å². The standard InChI is InChI=1S/C21H30NO4/c23-18(13-12-15-6-2-1-3-7-15)14-19(20(24)22-26)21(25)16-8-4-9-17(21)11-5-10-16/h1-3,6-7,13,16-19,23,25-26H,4-5,8-12,14H2,(H,22,24)/t16?,17?,18-,19+,21?/m0/s1. The van der Waals surface area contributed by atoms with Gasteiger partial charge in [0.25, 0.3) is 0 Å². The van der Waals surface area contributed by atoms with Gasteiger partial charge in [0.15, 0.2) is 0 Å². The number of benzene rings is 1. The Labute approximate surface area is 155 Å². The normalized spacial score (nSPS) is 30.4. The van der Waals surface area contributed by atoms with Crippen LogP contribution in [0.3, 0.4) is 0 Å². The second-order valence-electron chi connectivity index (χ2n) is 7.90. The molecule has 1 amide bonds. The van der Waals surface area contributed by atoms with Crippen LogP contribution in [-0.4, -0.2) is 33.0 Å². The van der Waals surface area contributed by atoms with Crippen molar-refractivity contribution in [2.24, 2.45) is 17.8 Å². The molecule has 0 spiro atoms. The Morgan fingerprint density at radius 3 is 2.27 bits per heavy atom. The average molecular weight is 360 g/mol. The zero-order valence-electron chi connectivity index (χ0n) is 15.2. The number of aliphatic hydroxyl groups is 2. The van der Waals surface area contributed by atoms with Crippen molar-refractivity contribution >= 4 is 5.91 Å². The molecule has 143 valence electrons. The van der Waals surface area contributed by atoms with Gasteiger partial charge in [0.2, 0.25) is 5.91 Å². The van der Waals surface area contributed by atoms with Crippen LogP contribution in [0.25, 0.3) is 0 Å². The lowest BCUT2D eigenvalue weighted by Crippen LogP contribution is -2.59. The molecule has 26 heavy (non-hydrogen) atoms. The molecule has 2 saturated carbocycles. The van der Waals surface area contributed by atoms with Crippen LogP contribution < -0.4 is 5.48 Å². The fourth-order valence-corrected chi connectivity index (χ4v) is 5.14. The van der Waals surface area contributed by atoms with Crippen LogP contribution in [0.2, 0.25) is 0 Å². The zero-order valence-corrected chi connectivity index (χ0v) is 15.2. The first kappa shape index (κ1) is 19.3. The summed E-state index contributed by atoms with van der Waals surface area (Å²) >= 11 is 0. The number of carbonyl (C=O) groups is 1. The van der Waals surface area contributed by atoms with E-state index in [2.05, 4.69) is 0 Å². The fraction of sp³-hybridized carbons (Fsp3) is 0.619. The van der Waals surface area contributed by atoms with Gasteiger partial charge in [0.1, 0.15) is 0 Å². The predicted molar refractivity (Wildman–Crippen MR) is 98.1 cm³/mol. The van der Waals surface area contributed by atoms with Crippen molar-refractivity contribution in [1.29, 1.82) is 0 Å². The molecule has 2 atom stereocenters. The number of hydrogen-bond donors (Lipinski definition) is 4. The first-order valence-electron chi connectivity index (χ1n) is 9.77. The van der Waals surface area contributed by atoms with E-state index in [0.29, 0.717) is 6.42 Å². The number of amides is 1. The number of aliphatic hydroxyl groups excluding tert-OH is 1. The minimum atomic E-state index is -1.13. The number of carbonyl (C=O) groups excluding carboxylic acids is 1. The zero-order chi connectivity index (χ0) is 18.6. The number of rotatable bonds is 7. The topological polar surface area (TPSA) is 89.8 Å². The van der Waals surface area contributed by atoms with Gasteiger partial charge >= 0.3 is 0 Å². The van der Waals surface area contributed by atoms with Gasteiger partial charge in [0, 0.05) is 0 Å². The van der Waals surface area contributed by atoms with Crippen LogP contribution >= 0.6 is 0 Å². The third-order valence-corrected chi connectivity index (χ3v) is 6.45. The third-order valence-electron chi connectivity index (χ3n) is 6.45. The highest BCUT2D eigenvalue weighted by Crippen LogP contribution is 2.52. The Balaban J connectivity index is 1.70. The molecule has 5 heteroatoms. The summed E-state index contributed by atoms with van der Waals surface area (Å²) in [6.45, 7) is 0. The summed E-state index contributed by atoms with van der Waals surface area (Å²) in [7, 11) is 0. The molecule has 1 radical (unpaired) electrons. The molecule has 2 bridgehead atoms. The molecule has 0 unspecified atom stereocenters. The number of fused-ring (bicyclic) bond motifs is 2. The van der Waals surface area contributed by atoms with Crippen LogP contribution in [0, 0.1) is 24.2 Å².